The van der Waals surface area contributed by atoms with Crippen molar-refractivity contribution in [1.82, 2.24) is 10.2 Å². The lowest BCUT2D eigenvalue weighted by molar-refractivity contribution is -0.142. The fourth-order valence-corrected chi connectivity index (χ4v) is 0.729. The molecule has 7 nitrogen and oxygen atoms in total. The van der Waals surface area contributed by atoms with Crippen molar-refractivity contribution in [3.63, 3.8) is 0 Å². The van der Waals surface area contributed by atoms with Crippen LogP contribution in [0.25, 0.3) is 0 Å². The van der Waals surface area contributed by atoms with Crippen molar-refractivity contribution in [3.8, 4) is 0 Å². The summed E-state index contributed by atoms with van der Waals surface area (Å²) in [6.07, 6.45) is 0. The zero-order valence-corrected chi connectivity index (χ0v) is 7.98. The van der Waals surface area contributed by atoms with E-state index in [1.165, 1.54) is 18.9 Å². The lowest BCUT2D eigenvalue weighted by Gasteiger charge is -2.19. The number of carboxylic acids is 1. The molecule has 14 heavy (non-hydrogen) atoms. The van der Waals surface area contributed by atoms with E-state index in [0.717, 1.165) is 0 Å². The molecule has 0 radical (unpaired) electrons. The summed E-state index contributed by atoms with van der Waals surface area (Å²) >= 11 is 0. The smallest absolute Gasteiger partial charge is 0.320 e. The first kappa shape index (κ1) is 12.4. The van der Waals surface area contributed by atoms with Gasteiger partial charge >= 0.3 is 12.0 Å². The number of nitrogens with two attached hydrogens (primary N) is 1. The molecule has 1 unspecified atom stereocenters. The molecule has 0 aromatic heterocycles. The van der Waals surface area contributed by atoms with Gasteiger partial charge in [-0.25, -0.2) is 4.79 Å². The van der Waals surface area contributed by atoms with Crippen molar-refractivity contribution < 1.29 is 19.5 Å². The van der Waals surface area contributed by atoms with Crippen molar-refractivity contribution in [1.29, 1.82) is 0 Å². The molecule has 4 N–H and O–H groups in total. The number of imide groups is 1. The Bertz CT molecular complexity index is 253. The second-order valence-electron chi connectivity index (χ2n) is 2.84. The minimum atomic E-state index is -1.04. The van der Waals surface area contributed by atoms with Gasteiger partial charge in [0.1, 0.15) is 6.04 Å². The van der Waals surface area contributed by atoms with Crippen LogP contribution in [0.2, 0.25) is 0 Å². The normalized spacial score (nSPS) is 12.2. The molecule has 0 saturated heterocycles. The highest BCUT2D eigenvalue weighted by Crippen LogP contribution is 1.94. The van der Waals surface area contributed by atoms with Crippen LogP contribution in [0.1, 0.15) is 6.92 Å². The number of amides is 3. The van der Waals surface area contributed by atoms with Gasteiger partial charge in [-0.15, -0.1) is 0 Å². The zero-order valence-electron chi connectivity index (χ0n) is 7.98. The van der Waals surface area contributed by atoms with Crippen LogP contribution in [0.15, 0.2) is 0 Å². The van der Waals surface area contributed by atoms with Gasteiger partial charge in [0.15, 0.2) is 0 Å². The van der Waals surface area contributed by atoms with E-state index in [1.807, 2.05) is 5.32 Å². The number of nitrogens with one attached hydrogen (secondary N) is 1. The first-order chi connectivity index (χ1) is 6.34. The third-order valence-electron chi connectivity index (χ3n) is 1.67. The van der Waals surface area contributed by atoms with E-state index in [-0.39, 0.29) is 6.54 Å². The summed E-state index contributed by atoms with van der Waals surface area (Å²) in [6.45, 7) is 1.23. The number of urea groups is 1. The largest absolute Gasteiger partial charge is 0.480 e. The summed E-state index contributed by atoms with van der Waals surface area (Å²) in [5, 5.41) is 10.4. The standard InChI is InChI=1S/C7H13N3O4/c1-4(6(12)13)10(2)3-5(11)9-7(8)14/h4H,3H2,1-2H3,(H,12,13)(H3,8,9,11,14). The Kier molecular flexibility index (Phi) is 4.57. The number of carbonyl (C=O) groups is 3. The number of primary amides is 1. The molecule has 7 heteroatoms. The fourth-order valence-electron chi connectivity index (χ4n) is 0.729. The van der Waals surface area contributed by atoms with Crippen LogP contribution < -0.4 is 11.1 Å². The molecule has 0 heterocycles. The highest BCUT2D eigenvalue weighted by atomic mass is 16.4. The maximum Gasteiger partial charge on any atom is 0.320 e. The average Bonchev–Trinajstić information content (AvgIpc) is 2.00. The van der Waals surface area contributed by atoms with Crippen LogP contribution in [0.5, 0.6) is 0 Å². The lowest BCUT2D eigenvalue weighted by Crippen LogP contribution is -2.45. The zero-order chi connectivity index (χ0) is 11.3. The molecular formula is C7H13N3O4. The average molecular weight is 203 g/mol. The fraction of sp³-hybridized carbons (Fsp3) is 0.571. The Morgan fingerprint density at radius 1 is 1.50 bits per heavy atom. The van der Waals surface area contributed by atoms with Crippen LogP contribution in [0.3, 0.4) is 0 Å². The van der Waals surface area contributed by atoms with Gasteiger partial charge in [-0.2, -0.15) is 0 Å². The Morgan fingerprint density at radius 3 is 2.36 bits per heavy atom. The SMILES string of the molecule is CC(C(=O)O)N(C)CC(=O)NC(N)=O. The summed E-state index contributed by atoms with van der Waals surface area (Å²) in [4.78, 5) is 33.0. The maximum atomic E-state index is 10.9. The Morgan fingerprint density at radius 2 is 2.00 bits per heavy atom. The van der Waals surface area contributed by atoms with Crippen molar-refractivity contribution in [2.45, 2.75) is 13.0 Å². The van der Waals surface area contributed by atoms with Crippen LogP contribution >= 0.6 is 0 Å². The molecule has 0 rings (SSSR count). The van der Waals surface area contributed by atoms with Gasteiger partial charge in [0.05, 0.1) is 6.54 Å². The van der Waals surface area contributed by atoms with Crippen LogP contribution in [-0.2, 0) is 9.59 Å². The number of hydrogen-bond acceptors (Lipinski definition) is 4. The first-order valence-electron chi connectivity index (χ1n) is 3.87. The van der Waals surface area contributed by atoms with Crippen molar-refractivity contribution in [3.05, 3.63) is 0 Å². The van der Waals surface area contributed by atoms with Gasteiger partial charge in [-0.05, 0) is 14.0 Å². The van der Waals surface area contributed by atoms with Gasteiger partial charge in [0.25, 0.3) is 0 Å². The molecule has 0 aliphatic heterocycles. The van der Waals surface area contributed by atoms with E-state index in [2.05, 4.69) is 0 Å². The van der Waals surface area contributed by atoms with E-state index in [4.69, 9.17) is 10.8 Å². The molecule has 0 aromatic rings. The highest BCUT2D eigenvalue weighted by molar-refractivity contribution is 5.94. The number of carbonyl (C=O) groups excluding carboxylic acids is 2. The quantitative estimate of drug-likeness (QED) is 0.519. The minimum absolute atomic E-state index is 0.198. The van der Waals surface area contributed by atoms with Gasteiger partial charge in [-0.1, -0.05) is 0 Å². The van der Waals surface area contributed by atoms with E-state index in [9.17, 15) is 14.4 Å². The second-order valence-corrected chi connectivity index (χ2v) is 2.84. The number of nitrogens with zero attached hydrogens (tertiary/aromatic N) is 1. The molecule has 1 atom stereocenters. The van der Waals surface area contributed by atoms with E-state index < -0.39 is 23.9 Å². The van der Waals surface area contributed by atoms with E-state index >= 15 is 0 Å². The number of likely N-dealkylation sites (N-methyl/N-ethyl adjacent to an activating group) is 1. The highest BCUT2D eigenvalue weighted by Gasteiger charge is 2.19. The first-order valence-corrected chi connectivity index (χ1v) is 3.87. The van der Waals surface area contributed by atoms with E-state index in [0.29, 0.717) is 0 Å². The van der Waals surface area contributed by atoms with Gasteiger partial charge in [0.2, 0.25) is 5.91 Å². The molecule has 0 aromatic carbocycles. The second kappa shape index (κ2) is 5.18. The molecule has 0 aliphatic carbocycles. The molecule has 0 aliphatic rings. The van der Waals surface area contributed by atoms with Crippen molar-refractivity contribution in [2.75, 3.05) is 13.6 Å². The summed E-state index contributed by atoms with van der Waals surface area (Å²) < 4.78 is 0. The molecule has 0 spiro atoms. The molecule has 0 bridgehead atoms. The Labute approximate surface area is 80.9 Å². The molecular weight excluding hydrogens is 190 g/mol. The van der Waals surface area contributed by atoms with Crippen LogP contribution in [-0.4, -0.2) is 47.5 Å². The molecule has 0 saturated carbocycles. The molecule has 3 amide bonds. The van der Waals surface area contributed by atoms with Gasteiger partial charge in [0, 0.05) is 0 Å². The van der Waals surface area contributed by atoms with E-state index in [1.54, 1.807) is 0 Å². The number of carboxylic acid groups (broad SMARTS) is 1. The summed E-state index contributed by atoms with van der Waals surface area (Å²) in [5.41, 5.74) is 4.70. The van der Waals surface area contributed by atoms with Crippen LogP contribution in [0.4, 0.5) is 4.79 Å². The molecule has 80 valence electrons. The topological polar surface area (TPSA) is 113 Å². The van der Waals surface area contributed by atoms with Crippen molar-refractivity contribution in [2.24, 2.45) is 5.73 Å². The predicted octanol–water partition coefficient (Wildman–Crippen LogP) is -1.41. The van der Waals surface area contributed by atoms with Crippen molar-refractivity contribution >= 4 is 17.9 Å². The number of aliphatic carboxylic acids is 1. The number of hydrogen-bond donors (Lipinski definition) is 3. The predicted molar refractivity (Wildman–Crippen MR) is 47.5 cm³/mol. The maximum absolute atomic E-state index is 10.9. The Hall–Kier alpha value is -1.63. The van der Waals surface area contributed by atoms with Gasteiger partial charge < -0.3 is 10.8 Å². The van der Waals surface area contributed by atoms with Crippen LogP contribution in [0, 0.1) is 0 Å². The third-order valence-corrected chi connectivity index (χ3v) is 1.67. The summed E-state index contributed by atoms with van der Waals surface area (Å²) in [6, 6.07) is -1.75. The van der Waals surface area contributed by atoms with Gasteiger partial charge in [-0.3, -0.25) is 19.8 Å². The summed E-state index contributed by atoms with van der Waals surface area (Å²) in [7, 11) is 1.46. The minimum Gasteiger partial charge on any atom is -0.480 e. The Balaban J connectivity index is 4.05. The third kappa shape index (κ3) is 4.41. The molecule has 0 fully saturated rings. The summed E-state index contributed by atoms with van der Waals surface area (Å²) in [5.74, 6) is -1.67. The lowest BCUT2D eigenvalue weighted by atomic mass is 10.3. The number of rotatable bonds is 4. The monoisotopic (exact) mass is 203 g/mol.